The number of nitrogens with zero attached hydrogens (tertiary/aromatic N) is 4. The molecule has 4 unspecified atom stereocenters. The highest BCUT2D eigenvalue weighted by Gasteiger charge is 2.38. The van der Waals surface area contributed by atoms with Gasteiger partial charge in [0.05, 0.1) is 25.4 Å². The van der Waals surface area contributed by atoms with Gasteiger partial charge in [0.25, 0.3) is 5.56 Å². The molecular weight excluding hydrogens is 493 g/mol. The Balaban J connectivity index is 1.30. The number of aromatic amines is 1. The van der Waals surface area contributed by atoms with Crippen LogP contribution in [0.5, 0.6) is 5.75 Å². The molecule has 0 radical (unpaired) electrons. The van der Waals surface area contributed by atoms with E-state index >= 15 is 0 Å². The summed E-state index contributed by atoms with van der Waals surface area (Å²) in [5, 5.41) is 5.69. The van der Waals surface area contributed by atoms with Crippen LogP contribution in [0, 0.1) is 6.92 Å². The molecule has 13 nitrogen and oxygen atoms in total. The fraction of sp³-hybridized carbons (Fsp3) is 0.364. The van der Waals surface area contributed by atoms with Crippen LogP contribution in [-0.2, 0) is 18.3 Å². The average Bonchev–Trinajstić information content (AvgIpc) is 3.25. The Hall–Kier alpha value is -3.44. The number of nitrogens with one attached hydrogen (secondary N) is 1. The van der Waals surface area contributed by atoms with Gasteiger partial charge < -0.3 is 14.4 Å². The van der Waals surface area contributed by atoms with Crippen molar-refractivity contribution in [2.75, 3.05) is 19.8 Å². The van der Waals surface area contributed by atoms with Crippen molar-refractivity contribution in [1.82, 2.24) is 9.55 Å². The Morgan fingerprint density at radius 1 is 1.22 bits per heavy atom. The molecule has 1 aliphatic rings. The second-order valence-corrected chi connectivity index (χ2v) is 9.52. The number of fused-ring (bicyclic) bond motifs is 1. The van der Waals surface area contributed by atoms with Gasteiger partial charge in [-0.3, -0.25) is 23.4 Å². The standard InChI is InChI=1S/C22H24N5O8P/c1-14-12-27(22(29)24-21(14)28)20-11-18(25-26-23)19(35-20)13-34-36(30,31)33-9-8-32-17-7-6-15-4-2-3-5-16(15)10-17/h2-7,10,12,18-20H,8-9,11,13H2,1H3,(H,30,31)(H,24,28,29). The van der Waals surface area contributed by atoms with Gasteiger partial charge in [-0.25, -0.2) is 9.36 Å². The second kappa shape index (κ2) is 11.1. The van der Waals surface area contributed by atoms with Crippen molar-refractivity contribution in [2.24, 2.45) is 5.11 Å². The molecule has 3 aromatic rings. The maximum Gasteiger partial charge on any atom is 0.472 e. The number of hydrogen-bond donors (Lipinski definition) is 2. The van der Waals surface area contributed by atoms with Gasteiger partial charge in [0.1, 0.15) is 18.6 Å². The summed E-state index contributed by atoms with van der Waals surface area (Å²) in [5.74, 6) is 0.585. The third-order valence-electron chi connectivity index (χ3n) is 5.59. The van der Waals surface area contributed by atoms with Gasteiger partial charge in [-0.2, -0.15) is 0 Å². The zero-order valence-corrected chi connectivity index (χ0v) is 20.1. The van der Waals surface area contributed by atoms with E-state index in [0.717, 1.165) is 15.3 Å². The molecule has 14 heteroatoms. The molecule has 1 aromatic heterocycles. The number of H-pyrrole nitrogens is 1. The molecule has 2 N–H and O–H groups in total. The van der Waals surface area contributed by atoms with Gasteiger partial charge in [-0.15, -0.1) is 0 Å². The molecule has 2 aromatic carbocycles. The number of benzene rings is 2. The monoisotopic (exact) mass is 517 g/mol. The number of phosphoric acid groups is 1. The molecule has 190 valence electrons. The minimum Gasteiger partial charge on any atom is -0.491 e. The molecule has 1 aliphatic heterocycles. The van der Waals surface area contributed by atoms with Crippen LogP contribution >= 0.6 is 7.82 Å². The highest BCUT2D eigenvalue weighted by atomic mass is 31.2. The van der Waals surface area contributed by atoms with Crippen LogP contribution in [0.1, 0.15) is 18.2 Å². The summed E-state index contributed by atoms with van der Waals surface area (Å²) in [5.41, 5.74) is 7.93. The van der Waals surface area contributed by atoms with E-state index < -0.39 is 44.1 Å². The summed E-state index contributed by atoms with van der Waals surface area (Å²) in [6.07, 6.45) is -0.369. The molecule has 0 spiro atoms. The van der Waals surface area contributed by atoms with Gasteiger partial charge in [-0.1, -0.05) is 35.4 Å². The predicted molar refractivity (Wildman–Crippen MR) is 129 cm³/mol. The molecular formula is C22H24N5O8P. The Morgan fingerprint density at radius 3 is 2.78 bits per heavy atom. The van der Waals surface area contributed by atoms with Crippen LogP contribution < -0.4 is 16.0 Å². The van der Waals surface area contributed by atoms with E-state index in [1.165, 1.54) is 13.1 Å². The Kier molecular flexibility index (Phi) is 7.90. The molecule has 4 rings (SSSR count). The van der Waals surface area contributed by atoms with Crippen LogP contribution in [0.2, 0.25) is 0 Å². The average molecular weight is 517 g/mol. The number of azide groups is 1. The molecule has 2 heterocycles. The second-order valence-electron chi connectivity index (χ2n) is 8.07. The van der Waals surface area contributed by atoms with Crippen LogP contribution in [0.25, 0.3) is 21.2 Å². The zero-order valence-electron chi connectivity index (χ0n) is 19.2. The number of aromatic nitrogens is 2. The lowest BCUT2D eigenvalue weighted by Crippen LogP contribution is -2.33. The summed E-state index contributed by atoms with van der Waals surface area (Å²) >= 11 is 0. The molecule has 1 fully saturated rings. The van der Waals surface area contributed by atoms with Crippen molar-refractivity contribution in [3.8, 4) is 5.75 Å². The van der Waals surface area contributed by atoms with Crippen molar-refractivity contribution in [3.05, 3.63) is 85.5 Å². The largest absolute Gasteiger partial charge is 0.491 e. The number of aryl methyl sites for hydroxylation is 1. The van der Waals surface area contributed by atoms with Crippen LogP contribution in [-0.4, -0.2) is 46.4 Å². The number of rotatable bonds is 10. The fourth-order valence-corrected chi connectivity index (χ4v) is 4.51. The molecule has 1 saturated heterocycles. The number of hydrogen-bond acceptors (Lipinski definition) is 8. The SMILES string of the molecule is Cc1cn(C2CC(N=[N+]=[N-])C(COP(=O)(O)OCCOc3ccc4ccccc4c3)O2)c(=O)[nH]c1=O. The molecule has 0 amide bonds. The lowest BCUT2D eigenvalue weighted by molar-refractivity contribution is -0.0287. The number of phosphoric ester groups is 1. The third-order valence-corrected chi connectivity index (χ3v) is 6.57. The summed E-state index contributed by atoms with van der Waals surface area (Å²) in [4.78, 5) is 38.7. The molecule has 4 atom stereocenters. The molecule has 36 heavy (non-hydrogen) atoms. The van der Waals surface area contributed by atoms with E-state index in [1.54, 1.807) is 6.07 Å². The van der Waals surface area contributed by atoms with E-state index in [4.69, 9.17) is 24.1 Å². The van der Waals surface area contributed by atoms with Gasteiger partial charge >= 0.3 is 13.5 Å². The van der Waals surface area contributed by atoms with Gasteiger partial charge in [0.2, 0.25) is 0 Å². The van der Waals surface area contributed by atoms with Gasteiger partial charge in [0, 0.05) is 23.1 Å². The minimum absolute atomic E-state index is 0.00405. The Morgan fingerprint density at radius 2 is 2.00 bits per heavy atom. The molecule has 0 aliphatic carbocycles. The van der Waals surface area contributed by atoms with Crippen molar-refractivity contribution in [3.63, 3.8) is 0 Å². The first kappa shape index (κ1) is 25.6. The first-order valence-electron chi connectivity index (χ1n) is 11.0. The lowest BCUT2D eigenvalue weighted by Gasteiger charge is -2.18. The molecule has 0 bridgehead atoms. The first-order chi connectivity index (χ1) is 17.3. The molecule has 0 saturated carbocycles. The van der Waals surface area contributed by atoms with E-state index in [9.17, 15) is 19.0 Å². The van der Waals surface area contributed by atoms with Crippen molar-refractivity contribution in [2.45, 2.75) is 31.7 Å². The summed E-state index contributed by atoms with van der Waals surface area (Å²) in [6, 6.07) is 12.5. The maximum atomic E-state index is 12.3. The summed E-state index contributed by atoms with van der Waals surface area (Å²) < 4.78 is 34.8. The quantitative estimate of drug-likeness (QED) is 0.135. The maximum absolute atomic E-state index is 12.3. The van der Waals surface area contributed by atoms with Crippen LogP contribution in [0.3, 0.4) is 0 Å². The van der Waals surface area contributed by atoms with Crippen molar-refractivity contribution < 1.29 is 28.0 Å². The Bertz CT molecular complexity index is 1450. The normalized spacial score (nSPS) is 21.1. The van der Waals surface area contributed by atoms with E-state index in [-0.39, 0.29) is 25.2 Å². The highest BCUT2D eigenvalue weighted by molar-refractivity contribution is 7.47. The topological polar surface area (TPSA) is 178 Å². The van der Waals surface area contributed by atoms with Crippen molar-refractivity contribution in [1.29, 1.82) is 0 Å². The van der Waals surface area contributed by atoms with E-state index in [0.29, 0.717) is 5.75 Å². The van der Waals surface area contributed by atoms with Crippen molar-refractivity contribution >= 4 is 18.6 Å². The van der Waals surface area contributed by atoms with E-state index in [2.05, 4.69) is 15.0 Å². The fourth-order valence-electron chi connectivity index (χ4n) is 3.80. The third kappa shape index (κ3) is 6.21. The predicted octanol–water partition coefficient (Wildman–Crippen LogP) is 3.18. The lowest BCUT2D eigenvalue weighted by atomic mass is 10.1. The smallest absolute Gasteiger partial charge is 0.472 e. The zero-order chi connectivity index (χ0) is 25.7. The van der Waals surface area contributed by atoms with Crippen LogP contribution in [0.4, 0.5) is 0 Å². The van der Waals surface area contributed by atoms with E-state index in [1.807, 2.05) is 36.4 Å². The highest BCUT2D eigenvalue weighted by Crippen LogP contribution is 2.44. The Labute approximate surface area is 204 Å². The minimum atomic E-state index is -4.48. The first-order valence-corrected chi connectivity index (χ1v) is 12.5. The number of ether oxygens (including phenoxy) is 2. The summed E-state index contributed by atoms with van der Waals surface area (Å²) in [7, 11) is -4.48. The summed E-state index contributed by atoms with van der Waals surface area (Å²) in [6.45, 7) is 0.875. The van der Waals surface area contributed by atoms with Gasteiger partial charge in [-0.05, 0) is 35.4 Å². The van der Waals surface area contributed by atoms with Crippen LogP contribution in [0.15, 0.2) is 63.4 Å². The van der Waals surface area contributed by atoms with Gasteiger partial charge in [0.15, 0.2) is 0 Å².